The van der Waals surface area contributed by atoms with E-state index in [2.05, 4.69) is 52.6 Å². The highest BCUT2D eigenvalue weighted by Crippen LogP contribution is 2.48. The van der Waals surface area contributed by atoms with Gasteiger partial charge in [0.05, 0.1) is 16.0 Å². The first-order valence-corrected chi connectivity index (χ1v) is 8.52. The minimum Gasteiger partial charge on any atom is -0.366 e. The van der Waals surface area contributed by atoms with Crippen LogP contribution < -0.4 is 0 Å². The Morgan fingerprint density at radius 1 is 1.32 bits per heavy atom. The third kappa shape index (κ3) is 3.33. The zero-order valence-corrected chi connectivity index (χ0v) is 15.2. The predicted molar refractivity (Wildman–Crippen MR) is 85.1 cm³/mol. The fourth-order valence-corrected chi connectivity index (χ4v) is 3.43. The summed E-state index contributed by atoms with van der Waals surface area (Å²) in [4.78, 5) is 12.5. The normalized spacial score (nSPS) is 48.0. The number of rotatable bonds is 0. The second kappa shape index (κ2) is 4.96. The van der Waals surface area contributed by atoms with Crippen LogP contribution in [0.25, 0.3) is 0 Å². The number of ether oxygens (including phenoxy) is 1. The average molecular weight is 394 g/mol. The van der Waals surface area contributed by atoms with Gasteiger partial charge in [0.15, 0.2) is 5.78 Å². The zero-order valence-electron chi connectivity index (χ0n) is 12.0. The predicted octanol–water partition coefficient (Wildman–Crippen LogP) is 4.40. The van der Waals surface area contributed by atoms with E-state index in [-0.39, 0.29) is 21.6 Å². The highest BCUT2D eigenvalue weighted by molar-refractivity contribution is 9.12. The number of hydrogen-bond donors (Lipinski definition) is 0. The van der Waals surface area contributed by atoms with Gasteiger partial charge < -0.3 is 4.74 Å². The Labute approximate surface area is 132 Å². The molecule has 0 N–H and O–H groups in total. The Kier molecular flexibility index (Phi) is 4.10. The van der Waals surface area contributed by atoms with E-state index in [1.807, 2.05) is 13.0 Å². The Bertz CT molecular complexity index is 414. The molecule has 2 unspecified atom stereocenters. The maximum Gasteiger partial charge on any atom is 0.172 e. The molecule has 0 radical (unpaired) electrons. The molecule has 19 heavy (non-hydrogen) atoms. The van der Waals surface area contributed by atoms with Crippen molar-refractivity contribution < 1.29 is 9.53 Å². The van der Waals surface area contributed by atoms with Crippen LogP contribution in [0.2, 0.25) is 0 Å². The van der Waals surface area contributed by atoms with E-state index >= 15 is 0 Å². The van der Waals surface area contributed by atoms with Gasteiger partial charge in [-0.1, -0.05) is 51.8 Å². The van der Waals surface area contributed by atoms with Crippen molar-refractivity contribution in [3.05, 3.63) is 12.2 Å². The summed E-state index contributed by atoms with van der Waals surface area (Å²) in [5.41, 5.74) is -0.0130. The molecule has 0 amide bonds. The minimum absolute atomic E-state index is 0.00635. The lowest BCUT2D eigenvalue weighted by molar-refractivity contribution is -0.116. The summed E-state index contributed by atoms with van der Waals surface area (Å²) < 4.78 is 5.35. The van der Waals surface area contributed by atoms with Crippen LogP contribution in [0.1, 0.15) is 47.0 Å². The molecule has 2 aliphatic rings. The molecule has 0 spiro atoms. The largest absolute Gasteiger partial charge is 0.366 e. The molecule has 2 nitrogen and oxygen atoms in total. The SMILES string of the molecule is CC1(C)/C=C/C(=O)[C@@](C)(Br)[C@@H](Br)CCC2(C)OC2C1. The van der Waals surface area contributed by atoms with Crippen molar-refractivity contribution in [3.63, 3.8) is 0 Å². The first-order valence-electron chi connectivity index (χ1n) is 6.81. The molecular formula is C15H22Br2O2. The Hall–Kier alpha value is 0.330. The molecule has 1 fully saturated rings. The van der Waals surface area contributed by atoms with Gasteiger partial charge in [-0.25, -0.2) is 0 Å². The highest BCUT2D eigenvalue weighted by atomic mass is 79.9. The minimum atomic E-state index is -0.551. The topological polar surface area (TPSA) is 29.6 Å². The molecule has 1 aliphatic carbocycles. The Balaban J connectivity index is 2.26. The van der Waals surface area contributed by atoms with Crippen molar-refractivity contribution >= 4 is 37.6 Å². The summed E-state index contributed by atoms with van der Waals surface area (Å²) in [6.07, 6.45) is 6.96. The number of ketones is 1. The molecule has 4 atom stereocenters. The van der Waals surface area contributed by atoms with Crippen LogP contribution in [0.15, 0.2) is 12.2 Å². The van der Waals surface area contributed by atoms with E-state index in [1.165, 1.54) is 0 Å². The molecule has 0 bridgehead atoms. The zero-order chi connectivity index (χ0) is 14.5. The van der Waals surface area contributed by atoms with E-state index < -0.39 is 4.32 Å². The van der Waals surface area contributed by atoms with E-state index in [4.69, 9.17) is 4.74 Å². The molecule has 2 rings (SSSR count). The number of alkyl halides is 2. The molecule has 1 aliphatic heterocycles. The number of hydrogen-bond acceptors (Lipinski definition) is 2. The quantitative estimate of drug-likeness (QED) is 0.451. The van der Waals surface area contributed by atoms with Crippen molar-refractivity contribution in [3.8, 4) is 0 Å². The van der Waals surface area contributed by atoms with Crippen LogP contribution in [0.3, 0.4) is 0 Å². The Morgan fingerprint density at radius 3 is 2.58 bits per heavy atom. The van der Waals surface area contributed by atoms with E-state index in [0.29, 0.717) is 6.10 Å². The van der Waals surface area contributed by atoms with Crippen LogP contribution in [0.5, 0.6) is 0 Å². The van der Waals surface area contributed by atoms with Crippen molar-refractivity contribution in [2.75, 3.05) is 0 Å². The van der Waals surface area contributed by atoms with Gasteiger partial charge in [-0.05, 0) is 44.6 Å². The van der Waals surface area contributed by atoms with Gasteiger partial charge in [0, 0.05) is 4.83 Å². The van der Waals surface area contributed by atoms with E-state index in [9.17, 15) is 4.79 Å². The second-order valence-electron chi connectivity index (χ2n) is 6.89. The number of carbonyl (C=O) groups excluding carboxylic acids is 1. The smallest absolute Gasteiger partial charge is 0.172 e. The molecule has 4 heteroatoms. The third-order valence-corrected chi connectivity index (χ3v) is 7.33. The monoisotopic (exact) mass is 392 g/mol. The van der Waals surface area contributed by atoms with Gasteiger partial charge in [-0.2, -0.15) is 0 Å². The van der Waals surface area contributed by atoms with Crippen molar-refractivity contribution in [1.82, 2.24) is 0 Å². The van der Waals surface area contributed by atoms with Crippen LogP contribution in [0, 0.1) is 5.41 Å². The maximum atomic E-state index is 12.3. The number of epoxide rings is 1. The lowest BCUT2D eigenvalue weighted by Crippen LogP contribution is -2.37. The van der Waals surface area contributed by atoms with E-state index in [0.717, 1.165) is 19.3 Å². The lowest BCUT2D eigenvalue weighted by Gasteiger charge is -2.26. The number of carbonyl (C=O) groups is 1. The number of halogens is 2. The maximum absolute atomic E-state index is 12.3. The lowest BCUT2D eigenvalue weighted by atomic mass is 9.84. The molecule has 0 aromatic rings. The summed E-state index contributed by atoms with van der Waals surface area (Å²) in [7, 11) is 0. The number of fused-ring (bicyclic) bond motifs is 1. The average Bonchev–Trinajstić information content (AvgIpc) is 2.92. The molecule has 108 valence electrons. The van der Waals surface area contributed by atoms with Gasteiger partial charge in [0.2, 0.25) is 0 Å². The van der Waals surface area contributed by atoms with Gasteiger partial charge in [-0.15, -0.1) is 0 Å². The first-order chi connectivity index (χ1) is 8.57. The summed E-state index contributed by atoms with van der Waals surface area (Å²) in [6, 6.07) is 0. The second-order valence-corrected chi connectivity index (χ2v) is 9.64. The van der Waals surface area contributed by atoms with Gasteiger partial charge in [0.1, 0.15) is 0 Å². The Morgan fingerprint density at radius 2 is 1.95 bits per heavy atom. The molecule has 0 saturated carbocycles. The van der Waals surface area contributed by atoms with Crippen LogP contribution in [0.4, 0.5) is 0 Å². The van der Waals surface area contributed by atoms with E-state index in [1.54, 1.807) is 6.08 Å². The fraction of sp³-hybridized carbons (Fsp3) is 0.800. The van der Waals surface area contributed by atoms with Crippen LogP contribution >= 0.6 is 31.9 Å². The van der Waals surface area contributed by atoms with Crippen molar-refractivity contribution in [1.29, 1.82) is 0 Å². The van der Waals surface area contributed by atoms with Crippen LogP contribution in [-0.4, -0.2) is 26.6 Å². The summed E-state index contributed by atoms with van der Waals surface area (Å²) >= 11 is 7.26. The molecule has 1 saturated heterocycles. The molecule has 0 aromatic heterocycles. The molecule has 1 heterocycles. The summed E-state index contributed by atoms with van der Waals surface area (Å²) in [5, 5.41) is 0. The van der Waals surface area contributed by atoms with Gasteiger partial charge in [0.25, 0.3) is 0 Å². The summed E-state index contributed by atoms with van der Waals surface area (Å²) in [5.74, 6) is 0.129. The van der Waals surface area contributed by atoms with Gasteiger partial charge in [-0.3, -0.25) is 4.79 Å². The number of allylic oxidation sites excluding steroid dienone is 2. The third-order valence-electron chi connectivity index (χ3n) is 4.40. The fourth-order valence-electron chi connectivity index (χ4n) is 2.62. The standard InChI is InChI=1S/C15H22Br2O2/c1-13(2)7-6-11(18)15(4,17)10(16)5-8-14(3)12(9-13)19-14/h6-7,10,12H,5,8-9H2,1-4H3/b7-6+/t10-,12?,14?,15-/m0/s1. The summed E-state index contributed by atoms with van der Waals surface area (Å²) in [6.45, 7) is 8.45. The van der Waals surface area contributed by atoms with Gasteiger partial charge >= 0.3 is 0 Å². The van der Waals surface area contributed by atoms with Crippen molar-refractivity contribution in [2.24, 2.45) is 5.41 Å². The van der Waals surface area contributed by atoms with Crippen molar-refractivity contribution in [2.45, 2.75) is 67.8 Å². The molecule has 0 aromatic carbocycles. The first kappa shape index (κ1) is 15.7. The van der Waals surface area contributed by atoms with Crippen LogP contribution in [-0.2, 0) is 9.53 Å². The molecular weight excluding hydrogens is 372 g/mol. The highest BCUT2D eigenvalue weighted by Gasteiger charge is 2.54.